The van der Waals surface area contributed by atoms with Crippen LogP contribution in [-0.2, 0) is 16.1 Å². The topological polar surface area (TPSA) is 135 Å². The highest BCUT2D eigenvalue weighted by molar-refractivity contribution is 5.96. The zero-order valence-corrected chi connectivity index (χ0v) is 11.2. The minimum Gasteiger partial charge on any atom is -0.476 e. The van der Waals surface area contributed by atoms with Gasteiger partial charge in [0.1, 0.15) is 11.7 Å². The molecule has 1 unspecified atom stereocenters. The number of urea groups is 1. The number of methoxy groups -OCH3 is 1. The van der Waals surface area contributed by atoms with E-state index in [4.69, 9.17) is 9.84 Å². The average molecular weight is 285 g/mol. The molecule has 110 valence electrons. The number of carbonyl (C=O) groups is 3. The van der Waals surface area contributed by atoms with Crippen molar-refractivity contribution in [1.29, 1.82) is 0 Å². The third-order valence-electron chi connectivity index (χ3n) is 2.48. The normalized spacial score (nSPS) is 11.8. The second-order valence-electron chi connectivity index (χ2n) is 3.81. The summed E-state index contributed by atoms with van der Waals surface area (Å²) < 4.78 is 5.98. The highest BCUT2D eigenvalue weighted by Crippen LogP contribution is 2.13. The number of ether oxygens (including phenoxy) is 1. The Kier molecular flexibility index (Phi) is 5.15. The molecule has 10 heteroatoms. The molecule has 0 spiro atoms. The highest BCUT2D eigenvalue weighted by Gasteiger charge is 2.26. The van der Waals surface area contributed by atoms with Gasteiger partial charge in [0.15, 0.2) is 5.69 Å². The molecule has 3 amide bonds. The lowest BCUT2D eigenvalue weighted by molar-refractivity contribution is -0.123. The van der Waals surface area contributed by atoms with Crippen LogP contribution in [0.15, 0.2) is 0 Å². The number of aromatic carboxylic acids is 1. The van der Waals surface area contributed by atoms with Gasteiger partial charge in [-0.3, -0.25) is 10.1 Å². The van der Waals surface area contributed by atoms with Crippen LogP contribution in [0.3, 0.4) is 0 Å². The number of carboxylic acid groups (broad SMARTS) is 1. The van der Waals surface area contributed by atoms with E-state index >= 15 is 0 Å². The predicted octanol–water partition coefficient (Wildman–Crippen LogP) is -0.861. The summed E-state index contributed by atoms with van der Waals surface area (Å²) in [5, 5.41) is 20.4. The molecule has 1 atom stereocenters. The van der Waals surface area contributed by atoms with Gasteiger partial charge in [0, 0.05) is 14.2 Å². The summed E-state index contributed by atoms with van der Waals surface area (Å²) in [6, 6.07) is -1.59. The first-order valence-electron chi connectivity index (χ1n) is 5.61. The Morgan fingerprint density at radius 1 is 1.45 bits per heavy atom. The largest absolute Gasteiger partial charge is 0.476 e. The molecule has 3 N–H and O–H groups in total. The fourth-order valence-corrected chi connectivity index (χ4v) is 1.45. The SMILES string of the molecule is CNC(=O)NC(=O)C(C)n1nnc(C(=O)O)c1COC. The molecule has 0 aliphatic carbocycles. The van der Waals surface area contributed by atoms with Crippen LogP contribution in [0, 0.1) is 0 Å². The number of nitrogens with zero attached hydrogens (tertiary/aromatic N) is 3. The number of nitrogens with one attached hydrogen (secondary N) is 2. The molecule has 0 fully saturated rings. The molecule has 0 saturated heterocycles. The van der Waals surface area contributed by atoms with Gasteiger partial charge < -0.3 is 15.2 Å². The van der Waals surface area contributed by atoms with E-state index < -0.39 is 23.9 Å². The van der Waals surface area contributed by atoms with Gasteiger partial charge in [0.05, 0.1) is 6.61 Å². The quantitative estimate of drug-likeness (QED) is 0.640. The number of imide groups is 1. The zero-order chi connectivity index (χ0) is 15.3. The maximum absolute atomic E-state index is 11.8. The standard InChI is InChI=1S/C10H15N5O5/c1-5(8(16)12-10(19)11-2)15-6(4-20-3)7(9(17)18)13-14-15/h5H,4H2,1-3H3,(H,17,18)(H2,11,12,16,19). The molecule has 20 heavy (non-hydrogen) atoms. The third kappa shape index (κ3) is 3.29. The van der Waals surface area contributed by atoms with Crippen LogP contribution < -0.4 is 10.6 Å². The molecule has 1 rings (SSSR count). The van der Waals surface area contributed by atoms with Crippen molar-refractivity contribution >= 4 is 17.9 Å². The van der Waals surface area contributed by atoms with E-state index in [1.165, 1.54) is 21.1 Å². The van der Waals surface area contributed by atoms with Gasteiger partial charge in [-0.2, -0.15) is 0 Å². The van der Waals surface area contributed by atoms with Crippen molar-refractivity contribution in [3.63, 3.8) is 0 Å². The zero-order valence-electron chi connectivity index (χ0n) is 11.2. The van der Waals surface area contributed by atoms with Crippen LogP contribution in [0.25, 0.3) is 0 Å². The first-order chi connectivity index (χ1) is 9.42. The van der Waals surface area contributed by atoms with Gasteiger partial charge >= 0.3 is 12.0 Å². The molecule has 0 bridgehead atoms. The summed E-state index contributed by atoms with van der Waals surface area (Å²) in [6.45, 7) is 1.38. The van der Waals surface area contributed by atoms with Gasteiger partial charge in [-0.05, 0) is 6.92 Å². The van der Waals surface area contributed by atoms with Crippen LogP contribution >= 0.6 is 0 Å². The lowest BCUT2D eigenvalue weighted by Gasteiger charge is -2.13. The fourth-order valence-electron chi connectivity index (χ4n) is 1.45. The molecular weight excluding hydrogens is 270 g/mol. The van der Waals surface area contributed by atoms with Gasteiger partial charge in [0.2, 0.25) is 0 Å². The molecule has 1 aromatic rings. The Morgan fingerprint density at radius 2 is 2.10 bits per heavy atom. The van der Waals surface area contributed by atoms with E-state index in [0.29, 0.717) is 0 Å². The molecule has 0 aliphatic heterocycles. The maximum Gasteiger partial charge on any atom is 0.358 e. The maximum atomic E-state index is 11.8. The van der Waals surface area contributed by atoms with Crippen molar-refractivity contribution in [3.8, 4) is 0 Å². The number of aromatic nitrogens is 3. The van der Waals surface area contributed by atoms with Crippen LogP contribution in [0.1, 0.15) is 29.1 Å². The fraction of sp³-hybridized carbons (Fsp3) is 0.500. The lowest BCUT2D eigenvalue weighted by atomic mass is 10.2. The number of hydrogen-bond acceptors (Lipinski definition) is 6. The number of amides is 3. The Hall–Kier alpha value is -2.49. The van der Waals surface area contributed by atoms with Crippen molar-refractivity contribution < 1.29 is 24.2 Å². The molecule has 0 saturated carbocycles. The minimum absolute atomic E-state index is 0.0772. The molecule has 1 aromatic heterocycles. The summed E-state index contributed by atoms with van der Waals surface area (Å²) in [7, 11) is 2.74. The molecule has 0 aromatic carbocycles. The van der Waals surface area contributed by atoms with E-state index in [0.717, 1.165) is 4.68 Å². The molecule has 10 nitrogen and oxygen atoms in total. The third-order valence-corrected chi connectivity index (χ3v) is 2.48. The van der Waals surface area contributed by atoms with E-state index in [2.05, 4.69) is 20.9 Å². The van der Waals surface area contributed by atoms with Crippen LogP contribution in [0.2, 0.25) is 0 Å². The van der Waals surface area contributed by atoms with E-state index in [9.17, 15) is 14.4 Å². The average Bonchev–Trinajstić information content (AvgIpc) is 2.81. The molecular formula is C10H15N5O5. The Bertz CT molecular complexity index is 526. The summed E-state index contributed by atoms with van der Waals surface area (Å²) in [5.74, 6) is -1.93. The van der Waals surface area contributed by atoms with Crippen molar-refractivity contribution in [2.24, 2.45) is 0 Å². The highest BCUT2D eigenvalue weighted by atomic mass is 16.5. The summed E-state index contributed by atoms with van der Waals surface area (Å²) >= 11 is 0. The first-order valence-corrected chi connectivity index (χ1v) is 5.61. The van der Waals surface area contributed by atoms with Gasteiger partial charge in [-0.1, -0.05) is 5.21 Å². The van der Waals surface area contributed by atoms with Crippen LogP contribution in [0.5, 0.6) is 0 Å². The Labute approximate surface area is 114 Å². The summed E-state index contributed by atoms with van der Waals surface area (Å²) in [6.07, 6.45) is 0. The summed E-state index contributed by atoms with van der Waals surface area (Å²) in [5.41, 5.74) is -0.161. The van der Waals surface area contributed by atoms with Crippen LogP contribution in [0.4, 0.5) is 4.79 Å². The van der Waals surface area contributed by atoms with Gasteiger partial charge in [-0.15, -0.1) is 5.10 Å². The minimum atomic E-state index is -1.28. The Morgan fingerprint density at radius 3 is 2.60 bits per heavy atom. The number of rotatable bonds is 5. The number of carboxylic acids is 1. The van der Waals surface area contributed by atoms with E-state index in [1.807, 2.05) is 0 Å². The van der Waals surface area contributed by atoms with Crippen molar-refractivity contribution in [2.75, 3.05) is 14.2 Å². The lowest BCUT2D eigenvalue weighted by Crippen LogP contribution is -2.41. The number of carbonyl (C=O) groups excluding carboxylic acids is 2. The van der Waals surface area contributed by atoms with Gasteiger partial charge in [0.25, 0.3) is 5.91 Å². The second-order valence-corrected chi connectivity index (χ2v) is 3.81. The first kappa shape index (κ1) is 15.6. The van der Waals surface area contributed by atoms with Gasteiger partial charge in [-0.25, -0.2) is 14.3 Å². The molecule has 0 aliphatic rings. The van der Waals surface area contributed by atoms with E-state index in [-0.39, 0.29) is 18.0 Å². The predicted molar refractivity (Wildman–Crippen MR) is 65.0 cm³/mol. The second kappa shape index (κ2) is 6.61. The molecule has 0 radical (unpaired) electrons. The van der Waals surface area contributed by atoms with Crippen molar-refractivity contribution in [2.45, 2.75) is 19.6 Å². The number of hydrogen-bond donors (Lipinski definition) is 3. The summed E-state index contributed by atoms with van der Waals surface area (Å²) in [4.78, 5) is 33.9. The van der Waals surface area contributed by atoms with Crippen molar-refractivity contribution in [3.05, 3.63) is 11.4 Å². The monoisotopic (exact) mass is 285 g/mol. The smallest absolute Gasteiger partial charge is 0.358 e. The Balaban J connectivity index is 3.03. The van der Waals surface area contributed by atoms with Crippen LogP contribution in [-0.4, -0.2) is 52.2 Å². The van der Waals surface area contributed by atoms with Crippen molar-refractivity contribution in [1.82, 2.24) is 25.6 Å². The molecule has 1 heterocycles. The van der Waals surface area contributed by atoms with E-state index in [1.54, 1.807) is 0 Å².